The minimum atomic E-state index is 0.255. The van der Waals surface area contributed by atoms with Crippen molar-refractivity contribution in [2.75, 3.05) is 11.5 Å². The minimum Gasteiger partial charge on any atom is -0.303 e. The van der Waals surface area contributed by atoms with Gasteiger partial charge in [-0.3, -0.25) is 0 Å². The van der Waals surface area contributed by atoms with Crippen molar-refractivity contribution in [1.29, 1.82) is 0 Å². The van der Waals surface area contributed by atoms with E-state index in [-0.39, 0.29) is 5.41 Å². The van der Waals surface area contributed by atoms with Crippen molar-refractivity contribution >= 4 is 29.8 Å². The highest BCUT2D eigenvalue weighted by Gasteiger charge is 2.56. The lowest BCUT2D eigenvalue weighted by atomic mass is 9.75. The third-order valence-electron chi connectivity index (χ3n) is 4.50. The summed E-state index contributed by atoms with van der Waals surface area (Å²) in [6.45, 7) is 6.41. The molecule has 0 aromatic rings. The molecule has 0 bridgehead atoms. The smallest absolute Gasteiger partial charge is 0.120 e. The number of thioether (sulfide) groups is 2. The molecule has 1 saturated heterocycles. The van der Waals surface area contributed by atoms with E-state index in [1.54, 1.807) is 0 Å². The Labute approximate surface area is 113 Å². The standard InChI is InChI=1S/C14H22OS2/c1-3-12-6-8-14(16-10-5-11-17-14)13(12,2)7-4-9-15/h3,9,12H,1,4-8,10-11H2,2H3/t12-,13+/m1/s1. The molecule has 1 nitrogen and oxygen atoms in total. The molecule has 1 spiro atoms. The van der Waals surface area contributed by atoms with Crippen molar-refractivity contribution < 1.29 is 4.79 Å². The van der Waals surface area contributed by atoms with E-state index in [9.17, 15) is 4.79 Å². The summed E-state index contributed by atoms with van der Waals surface area (Å²) < 4.78 is 0.354. The van der Waals surface area contributed by atoms with Crippen LogP contribution in [0.25, 0.3) is 0 Å². The molecule has 0 amide bonds. The SMILES string of the molecule is C=C[C@@H]1CCC2(SCCCS2)[C@@]1(C)CCC=O. The quantitative estimate of drug-likeness (QED) is 0.565. The molecule has 0 aromatic carbocycles. The van der Waals surface area contributed by atoms with Crippen LogP contribution in [0.15, 0.2) is 12.7 Å². The lowest BCUT2D eigenvalue weighted by Crippen LogP contribution is -2.41. The Morgan fingerprint density at radius 1 is 1.41 bits per heavy atom. The Kier molecular flexibility index (Phi) is 4.30. The lowest BCUT2D eigenvalue weighted by molar-refractivity contribution is -0.108. The lowest BCUT2D eigenvalue weighted by Gasteiger charge is -2.47. The van der Waals surface area contributed by atoms with Crippen LogP contribution in [0.3, 0.4) is 0 Å². The number of allylic oxidation sites excluding steroid dienone is 1. The second kappa shape index (κ2) is 5.40. The van der Waals surface area contributed by atoms with Gasteiger partial charge in [-0.2, -0.15) is 0 Å². The van der Waals surface area contributed by atoms with Crippen LogP contribution in [0.4, 0.5) is 0 Å². The molecule has 1 aliphatic heterocycles. The normalized spacial score (nSPS) is 35.9. The van der Waals surface area contributed by atoms with Crippen molar-refractivity contribution in [1.82, 2.24) is 0 Å². The number of aldehydes is 1. The summed E-state index contributed by atoms with van der Waals surface area (Å²) in [5.41, 5.74) is 0.255. The minimum absolute atomic E-state index is 0.255. The van der Waals surface area contributed by atoms with Crippen LogP contribution in [-0.2, 0) is 4.79 Å². The molecule has 2 rings (SSSR count). The first-order chi connectivity index (χ1) is 8.18. The van der Waals surface area contributed by atoms with Gasteiger partial charge in [0.2, 0.25) is 0 Å². The van der Waals surface area contributed by atoms with Gasteiger partial charge in [0.05, 0.1) is 4.08 Å². The molecule has 2 fully saturated rings. The fourth-order valence-corrected chi connectivity index (χ4v) is 7.34. The molecule has 96 valence electrons. The third-order valence-corrected chi connectivity index (χ3v) is 8.46. The van der Waals surface area contributed by atoms with Gasteiger partial charge >= 0.3 is 0 Å². The van der Waals surface area contributed by atoms with E-state index in [4.69, 9.17) is 0 Å². The molecule has 1 aliphatic carbocycles. The van der Waals surface area contributed by atoms with Gasteiger partial charge in [0.1, 0.15) is 6.29 Å². The molecule has 0 aromatic heterocycles. The Morgan fingerprint density at radius 3 is 2.71 bits per heavy atom. The number of hydrogen-bond acceptors (Lipinski definition) is 3. The zero-order chi connectivity index (χ0) is 12.4. The van der Waals surface area contributed by atoms with Gasteiger partial charge in [-0.1, -0.05) is 13.0 Å². The molecule has 3 heteroatoms. The van der Waals surface area contributed by atoms with E-state index in [1.165, 1.54) is 30.8 Å². The molecule has 0 N–H and O–H groups in total. The van der Waals surface area contributed by atoms with Crippen LogP contribution in [-0.4, -0.2) is 21.9 Å². The third kappa shape index (κ3) is 2.21. The molecule has 0 radical (unpaired) electrons. The van der Waals surface area contributed by atoms with Gasteiger partial charge in [0.15, 0.2) is 0 Å². The Hall–Kier alpha value is 0.110. The van der Waals surface area contributed by atoms with E-state index in [1.807, 2.05) is 0 Å². The summed E-state index contributed by atoms with van der Waals surface area (Å²) in [6, 6.07) is 0. The summed E-state index contributed by atoms with van der Waals surface area (Å²) in [5.74, 6) is 3.15. The van der Waals surface area contributed by atoms with E-state index < -0.39 is 0 Å². The van der Waals surface area contributed by atoms with E-state index in [0.717, 1.165) is 12.7 Å². The Bertz CT molecular complexity index is 297. The number of carbonyl (C=O) groups excluding carboxylic acids is 1. The number of carbonyl (C=O) groups is 1. The van der Waals surface area contributed by atoms with Gasteiger partial charge < -0.3 is 4.79 Å². The highest BCUT2D eigenvalue weighted by Crippen LogP contribution is 2.66. The van der Waals surface area contributed by atoms with Gasteiger partial charge in [-0.05, 0) is 48.5 Å². The number of rotatable bonds is 4. The van der Waals surface area contributed by atoms with E-state index in [0.29, 0.717) is 16.4 Å². The molecular formula is C14H22OS2. The summed E-state index contributed by atoms with van der Waals surface area (Å²) in [5, 5.41) is 0. The molecule has 1 heterocycles. The largest absolute Gasteiger partial charge is 0.303 e. The summed E-state index contributed by atoms with van der Waals surface area (Å²) in [4.78, 5) is 10.7. The van der Waals surface area contributed by atoms with Crippen molar-refractivity contribution in [3.8, 4) is 0 Å². The summed E-state index contributed by atoms with van der Waals surface area (Å²) in [7, 11) is 0. The highest BCUT2D eigenvalue weighted by atomic mass is 32.2. The van der Waals surface area contributed by atoms with Gasteiger partial charge in [0, 0.05) is 6.42 Å². The molecule has 0 unspecified atom stereocenters. The second-order valence-electron chi connectivity index (χ2n) is 5.31. The maximum atomic E-state index is 10.7. The average molecular weight is 270 g/mol. The zero-order valence-corrected chi connectivity index (χ0v) is 12.2. The van der Waals surface area contributed by atoms with Crippen LogP contribution in [0, 0.1) is 11.3 Å². The molecule has 17 heavy (non-hydrogen) atoms. The topological polar surface area (TPSA) is 17.1 Å². The first-order valence-electron chi connectivity index (χ1n) is 6.53. The highest BCUT2D eigenvalue weighted by molar-refractivity contribution is 8.18. The van der Waals surface area contributed by atoms with Crippen LogP contribution >= 0.6 is 23.5 Å². The monoisotopic (exact) mass is 270 g/mol. The van der Waals surface area contributed by atoms with Gasteiger partial charge in [-0.25, -0.2) is 0 Å². The van der Waals surface area contributed by atoms with Crippen LogP contribution in [0.1, 0.15) is 39.0 Å². The number of hydrogen-bond donors (Lipinski definition) is 0. The van der Waals surface area contributed by atoms with E-state index >= 15 is 0 Å². The summed E-state index contributed by atoms with van der Waals surface area (Å²) in [6.07, 6.45) is 8.80. The first kappa shape index (κ1) is 13.5. The molecule has 2 atom stereocenters. The summed E-state index contributed by atoms with van der Waals surface area (Å²) >= 11 is 4.30. The van der Waals surface area contributed by atoms with Crippen LogP contribution < -0.4 is 0 Å². The molecule has 1 saturated carbocycles. The maximum absolute atomic E-state index is 10.7. The predicted octanol–water partition coefficient (Wildman–Crippen LogP) is 4.13. The first-order valence-corrected chi connectivity index (χ1v) is 8.50. The van der Waals surface area contributed by atoms with Crippen molar-refractivity contribution in [2.24, 2.45) is 11.3 Å². The van der Waals surface area contributed by atoms with Crippen molar-refractivity contribution in [3.63, 3.8) is 0 Å². The maximum Gasteiger partial charge on any atom is 0.120 e. The Morgan fingerprint density at radius 2 is 2.12 bits per heavy atom. The van der Waals surface area contributed by atoms with Crippen LogP contribution in [0.2, 0.25) is 0 Å². The Balaban J connectivity index is 2.24. The fraction of sp³-hybridized carbons (Fsp3) is 0.786. The molecular weight excluding hydrogens is 248 g/mol. The zero-order valence-electron chi connectivity index (χ0n) is 10.6. The van der Waals surface area contributed by atoms with Gasteiger partial charge in [-0.15, -0.1) is 30.1 Å². The average Bonchev–Trinajstić information content (AvgIpc) is 2.62. The van der Waals surface area contributed by atoms with Gasteiger partial charge in [0.25, 0.3) is 0 Å². The second-order valence-corrected chi connectivity index (χ2v) is 8.35. The van der Waals surface area contributed by atoms with E-state index in [2.05, 4.69) is 43.1 Å². The van der Waals surface area contributed by atoms with Crippen LogP contribution in [0.5, 0.6) is 0 Å². The molecule has 2 aliphatic rings. The predicted molar refractivity (Wildman–Crippen MR) is 78.6 cm³/mol. The fourth-order valence-electron chi connectivity index (χ4n) is 3.39. The van der Waals surface area contributed by atoms with Crippen molar-refractivity contribution in [2.45, 2.75) is 43.1 Å². The van der Waals surface area contributed by atoms with Crippen molar-refractivity contribution in [3.05, 3.63) is 12.7 Å².